The molecule has 1 N–H and O–H groups in total. The molecule has 0 spiro atoms. The van der Waals surface area contributed by atoms with Gasteiger partial charge in [-0.15, -0.1) is 0 Å². The van der Waals surface area contributed by atoms with Crippen molar-refractivity contribution in [1.29, 1.82) is 0 Å². The topological polar surface area (TPSA) is 98.5 Å². The van der Waals surface area contributed by atoms with Crippen molar-refractivity contribution in [2.24, 2.45) is 0 Å². The van der Waals surface area contributed by atoms with Gasteiger partial charge in [-0.25, -0.2) is 4.79 Å². The fourth-order valence-corrected chi connectivity index (χ4v) is 2.61. The van der Waals surface area contributed by atoms with Gasteiger partial charge in [0.05, 0.1) is 17.6 Å². The van der Waals surface area contributed by atoms with Gasteiger partial charge in [-0.2, -0.15) is 0 Å². The molecule has 1 aromatic carbocycles. The van der Waals surface area contributed by atoms with Crippen molar-refractivity contribution in [1.82, 2.24) is 5.32 Å². The lowest BCUT2D eigenvalue weighted by atomic mass is 9.84. The molecule has 7 nitrogen and oxygen atoms in total. The van der Waals surface area contributed by atoms with Gasteiger partial charge in [0.2, 0.25) is 5.91 Å². The van der Waals surface area contributed by atoms with E-state index < -0.39 is 16.8 Å². The van der Waals surface area contributed by atoms with Gasteiger partial charge in [0.1, 0.15) is 0 Å². The van der Waals surface area contributed by atoms with Crippen molar-refractivity contribution in [2.45, 2.75) is 26.2 Å². The molecule has 1 heterocycles. The number of carbonyl (C=O) groups excluding carboxylic acids is 2. The Morgan fingerprint density at radius 2 is 2.09 bits per heavy atom. The maximum absolute atomic E-state index is 12.0. The summed E-state index contributed by atoms with van der Waals surface area (Å²) in [4.78, 5) is 34.4. The van der Waals surface area contributed by atoms with E-state index in [0.717, 1.165) is 0 Å². The van der Waals surface area contributed by atoms with Gasteiger partial charge in [-0.05, 0) is 19.4 Å². The molecule has 1 amide bonds. The molecule has 1 aliphatic rings. The van der Waals surface area contributed by atoms with E-state index >= 15 is 0 Å². The Balaban J connectivity index is 2.55. The SMILES string of the molecule is COC(=O)C1=C(C)NC(=O)C[C@H]1c1ccc(C)c([N+](=O)[O-])c1. The molecule has 1 aromatic rings. The van der Waals surface area contributed by atoms with Crippen molar-refractivity contribution >= 4 is 17.6 Å². The van der Waals surface area contributed by atoms with Crippen LogP contribution in [0.25, 0.3) is 0 Å². The van der Waals surface area contributed by atoms with Crippen LogP contribution in [0.4, 0.5) is 5.69 Å². The number of amides is 1. The summed E-state index contributed by atoms with van der Waals surface area (Å²) >= 11 is 0. The first-order chi connectivity index (χ1) is 10.3. The average Bonchev–Trinajstić information content (AvgIpc) is 2.46. The Morgan fingerprint density at radius 1 is 1.41 bits per heavy atom. The molecule has 116 valence electrons. The molecule has 2 rings (SSSR count). The first-order valence-electron chi connectivity index (χ1n) is 6.69. The summed E-state index contributed by atoms with van der Waals surface area (Å²) in [5.41, 5.74) is 1.77. The number of benzene rings is 1. The predicted molar refractivity (Wildman–Crippen MR) is 78.1 cm³/mol. The highest BCUT2D eigenvalue weighted by Gasteiger charge is 2.33. The summed E-state index contributed by atoms with van der Waals surface area (Å²) in [6, 6.07) is 4.72. The zero-order valence-electron chi connectivity index (χ0n) is 12.5. The minimum Gasteiger partial charge on any atom is -0.466 e. The summed E-state index contributed by atoms with van der Waals surface area (Å²) in [7, 11) is 1.26. The highest BCUT2D eigenvalue weighted by atomic mass is 16.6. The van der Waals surface area contributed by atoms with Crippen molar-refractivity contribution in [3.63, 3.8) is 0 Å². The second kappa shape index (κ2) is 5.97. The lowest BCUT2D eigenvalue weighted by molar-refractivity contribution is -0.385. The molecule has 0 bridgehead atoms. The number of methoxy groups -OCH3 is 1. The van der Waals surface area contributed by atoms with Crippen LogP contribution < -0.4 is 5.32 Å². The number of rotatable bonds is 3. The number of hydrogen-bond donors (Lipinski definition) is 1. The van der Waals surface area contributed by atoms with E-state index in [1.54, 1.807) is 26.0 Å². The van der Waals surface area contributed by atoms with Crippen molar-refractivity contribution < 1.29 is 19.2 Å². The predicted octanol–water partition coefficient (Wildman–Crippen LogP) is 1.95. The standard InChI is InChI=1S/C15H16N2O5/c1-8-4-5-10(6-12(8)17(20)21)11-7-13(18)16-9(2)14(11)15(19)22-3/h4-6,11H,7H2,1-3H3,(H,16,18)/t11-/m0/s1. The van der Waals surface area contributed by atoms with E-state index in [2.05, 4.69) is 5.32 Å². The van der Waals surface area contributed by atoms with Crippen molar-refractivity contribution in [2.75, 3.05) is 7.11 Å². The Kier molecular flexibility index (Phi) is 4.25. The molecule has 0 aromatic heterocycles. The fourth-order valence-electron chi connectivity index (χ4n) is 2.61. The molecule has 0 radical (unpaired) electrons. The molecule has 7 heteroatoms. The largest absolute Gasteiger partial charge is 0.466 e. The second-order valence-electron chi connectivity index (χ2n) is 5.14. The van der Waals surface area contributed by atoms with Crippen LogP contribution in [0.15, 0.2) is 29.5 Å². The van der Waals surface area contributed by atoms with Crippen LogP contribution in [0, 0.1) is 17.0 Å². The van der Waals surface area contributed by atoms with Gasteiger partial charge in [-0.1, -0.05) is 12.1 Å². The zero-order valence-corrected chi connectivity index (χ0v) is 12.5. The molecule has 1 aliphatic heterocycles. The van der Waals surface area contributed by atoms with Crippen LogP contribution in [0.1, 0.15) is 30.4 Å². The first kappa shape index (κ1) is 15.7. The summed E-state index contributed by atoms with van der Waals surface area (Å²) in [6.45, 7) is 3.25. The molecule has 0 saturated carbocycles. The Morgan fingerprint density at radius 3 is 2.68 bits per heavy atom. The monoisotopic (exact) mass is 304 g/mol. The van der Waals surface area contributed by atoms with Gasteiger partial charge in [-0.3, -0.25) is 14.9 Å². The smallest absolute Gasteiger partial charge is 0.336 e. The van der Waals surface area contributed by atoms with E-state index in [1.807, 2.05) is 0 Å². The number of nitro groups is 1. The van der Waals surface area contributed by atoms with Crippen LogP contribution in [-0.2, 0) is 14.3 Å². The van der Waals surface area contributed by atoms with Gasteiger partial charge < -0.3 is 10.1 Å². The number of aryl methyl sites for hydroxylation is 1. The maximum Gasteiger partial charge on any atom is 0.336 e. The van der Waals surface area contributed by atoms with Gasteiger partial charge in [0.15, 0.2) is 0 Å². The van der Waals surface area contributed by atoms with Crippen molar-refractivity contribution in [3.05, 3.63) is 50.7 Å². The molecular formula is C15H16N2O5. The summed E-state index contributed by atoms with van der Waals surface area (Å²) < 4.78 is 4.77. The zero-order chi connectivity index (χ0) is 16.4. The van der Waals surface area contributed by atoms with Crippen LogP contribution in [0.2, 0.25) is 0 Å². The number of nitrogens with zero attached hydrogens (tertiary/aromatic N) is 1. The third-order valence-corrected chi connectivity index (χ3v) is 3.71. The Hall–Kier alpha value is -2.70. The second-order valence-corrected chi connectivity index (χ2v) is 5.14. The fraction of sp³-hybridized carbons (Fsp3) is 0.333. The number of esters is 1. The maximum atomic E-state index is 12.0. The summed E-state index contributed by atoms with van der Waals surface area (Å²) in [5.74, 6) is -1.34. The molecule has 22 heavy (non-hydrogen) atoms. The van der Waals surface area contributed by atoms with E-state index in [0.29, 0.717) is 22.4 Å². The van der Waals surface area contributed by atoms with Gasteiger partial charge in [0.25, 0.3) is 5.69 Å². The Bertz CT molecular complexity index is 693. The quantitative estimate of drug-likeness (QED) is 0.523. The van der Waals surface area contributed by atoms with Crippen LogP contribution in [0.5, 0.6) is 0 Å². The number of ether oxygens (including phenoxy) is 1. The van der Waals surface area contributed by atoms with E-state index in [9.17, 15) is 19.7 Å². The molecular weight excluding hydrogens is 288 g/mol. The van der Waals surface area contributed by atoms with E-state index in [-0.39, 0.29) is 18.0 Å². The summed E-state index contributed by atoms with van der Waals surface area (Å²) in [5, 5.41) is 13.7. The number of allylic oxidation sites excluding steroid dienone is 1. The van der Waals surface area contributed by atoms with Gasteiger partial charge in [0, 0.05) is 29.7 Å². The number of nitro benzene ring substituents is 1. The van der Waals surface area contributed by atoms with Crippen molar-refractivity contribution in [3.8, 4) is 0 Å². The molecule has 0 aliphatic carbocycles. The third kappa shape index (κ3) is 2.83. The molecule has 0 saturated heterocycles. The van der Waals surface area contributed by atoms with Crippen LogP contribution >= 0.6 is 0 Å². The third-order valence-electron chi connectivity index (χ3n) is 3.71. The minimum absolute atomic E-state index is 0.0367. The van der Waals surface area contributed by atoms with Gasteiger partial charge >= 0.3 is 5.97 Å². The lowest BCUT2D eigenvalue weighted by Crippen LogP contribution is -2.34. The Labute approximate surface area is 127 Å². The van der Waals surface area contributed by atoms with E-state index in [1.165, 1.54) is 13.2 Å². The van der Waals surface area contributed by atoms with E-state index in [4.69, 9.17) is 4.74 Å². The number of carbonyl (C=O) groups is 2. The first-order valence-corrected chi connectivity index (χ1v) is 6.69. The lowest BCUT2D eigenvalue weighted by Gasteiger charge is -2.26. The molecule has 1 atom stereocenters. The molecule has 0 unspecified atom stereocenters. The van der Waals surface area contributed by atoms with Crippen LogP contribution in [0.3, 0.4) is 0 Å². The normalized spacial score (nSPS) is 18.0. The summed E-state index contributed by atoms with van der Waals surface area (Å²) in [6.07, 6.45) is 0.0436. The minimum atomic E-state index is -0.555. The molecule has 0 fully saturated rings. The highest BCUT2D eigenvalue weighted by Crippen LogP contribution is 2.35. The number of nitrogens with one attached hydrogen (secondary N) is 1. The average molecular weight is 304 g/mol. The van der Waals surface area contributed by atoms with Crippen LogP contribution in [-0.4, -0.2) is 23.9 Å². The number of hydrogen-bond acceptors (Lipinski definition) is 5. The highest BCUT2D eigenvalue weighted by molar-refractivity contribution is 5.95.